The molecule has 2 unspecified atom stereocenters. The molecule has 2 rings (SSSR count). The first-order valence-corrected chi connectivity index (χ1v) is 7.51. The van der Waals surface area contributed by atoms with Gasteiger partial charge in [-0.15, -0.1) is 11.3 Å². The summed E-state index contributed by atoms with van der Waals surface area (Å²) in [6.07, 6.45) is 1.10. The van der Waals surface area contributed by atoms with Gasteiger partial charge in [-0.1, -0.05) is 36.7 Å². The highest BCUT2D eigenvalue weighted by Gasteiger charge is 2.14. The molecule has 0 aliphatic heterocycles. The smallest absolute Gasteiger partial charge is 0.0416 e. The average Bonchev–Trinajstić information content (AvgIpc) is 2.90. The van der Waals surface area contributed by atoms with Gasteiger partial charge in [0.25, 0.3) is 0 Å². The van der Waals surface area contributed by atoms with Gasteiger partial charge in [0.1, 0.15) is 0 Å². The first-order valence-electron chi connectivity index (χ1n) is 6.25. The first kappa shape index (κ1) is 13.6. The van der Waals surface area contributed by atoms with E-state index in [0.717, 1.165) is 11.4 Å². The van der Waals surface area contributed by atoms with E-state index in [1.807, 2.05) is 23.5 Å². The second-order valence-corrected chi connectivity index (χ2v) is 5.83. The second-order valence-electron chi connectivity index (χ2n) is 4.42. The van der Waals surface area contributed by atoms with E-state index in [9.17, 15) is 0 Å². The lowest BCUT2D eigenvalue weighted by Gasteiger charge is -2.21. The molecule has 96 valence electrons. The summed E-state index contributed by atoms with van der Waals surface area (Å²) in [6.45, 7) is 4.41. The Morgan fingerprint density at radius 1 is 1.22 bits per heavy atom. The second kappa shape index (κ2) is 6.37. The highest BCUT2D eigenvalue weighted by atomic mass is 35.5. The van der Waals surface area contributed by atoms with E-state index >= 15 is 0 Å². The Bertz CT molecular complexity index is 464. The summed E-state index contributed by atoms with van der Waals surface area (Å²) in [6, 6.07) is 13.1. The van der Waals surface area contributed by atoms with E-state index in [-0.39, 0.29) is 0 Å². The molecular weight excluding hydrogens is 262 g/mol. The van der Waals surface area contributed by atoms with Crippen LogP contribution in [0, 0.1) is 0 Å². The normalized spacial score (nSPS) is 14.4. The van der Waals surface area contributed by atoms with Gasteiger partial charge >= 0.3 is 0 Å². The van der Waals surface area contributed by atoms with E-state index in [4.69, 9.17) is 11.6 Å². The molecule has 0 saturated carbocycles. The van der Waals surface area contributed by atoms with Gasteiger partial charge < -0.3 is 5.32 Å². The van der Waals surface area contributed by atoms with Crippen LogP contribution in [-0.4, -0.2) is 0 Å². The lowest BCUT2D eigenvalue weighted by atomic mass is 10.1. The van der Waals surface area contributed by atoms with Crippen LogP contribution in [0.5, 0.6) is 0 Å². The van der Waals surface area contributed by atoms with Gasteiger partial charge in [0.2, 0.25) is 0 Å². The maximum absolute atomic E-state index is 5.91. The minimum atomic E-state index is 0.328. The fourth-order valence-corrected chi connectivity index (χ4v) is 3.04. The van der Waals surface area contributed by atoms with Crippen LogP contribution in [0.2, 0.25) is 5.02 Å². The van der Waals surface area contributed by atoms with Gasteiger partial charge in [-0.05, 0) is 42.5 Å². The van der Waals surface area contributed by atoms with Gasteiger partial charge in [0, 0.05) is 22.0 Å². The minimum absolute atomic E-state index is 0.328. The van der Waals surface area contributed by atoms with Gasteiger partial charge in [-0.3, -0.25) is 0 Å². The molecule has 18 heavy (non-hydrogen) atoms. The Labute approximate surface area is 118 Å². The van der Waals surface area contributed by atoms with E-state index < -0.39 is 0 Å². The molecule has 2 atom stereocenters. The van der Waals surface area contributed by atoms with Crippen molar-refractivity contribution in [3.05, 3.63) is 57.2 Å². The zero-order valence-electron chi connectivity index (χ0n) is 10.7. The molecule has 1 heterocycles. The van der Waals surface area contributed by atoms with Crippen LogP contribution >= 0.6 is 22.9 Å². The molecule has 1 N–H and O–H groups in total. The number of rotatable bonds is 5. The molecule has 0 spiro atoms. The van der Waals surface area contributed by atoms with Crippen LogP contribution in [0.3, 0.4) is 0 Å². The van der Waals surface area contributed by atoms with Crippen molar-refractivity contribution in [2.24, 2.45) is 0 Å². The quantitative estimate of drug-likeness (QED) is 0.793. The molecule has 0 saturated heterocycles. The zero-order valence-corrected chi connectivity index (χ0v) is 12.3. The van der Waals surface area contributed by atoms with Crippen LogP contribution in [-0.2, 0) is 0 Å². The molecule has 1 aromatic heterocycles. The van der Waals surface area contributed by atoms with Gasteiger partial charge in [-0.2, -0.15) is 0 Å². The summed E-state index contributed by atoms with van der Waals surface area (Å²) >= 11 is 7.72. The van der Waals surface area contributed by atoms with Crippen molar-refractivity contribution in [2.75, 3.05) is 0 Å². The third-order valence-electron chi connectivity index (χ3n) is 3.12. The van der Waals surface area contributed by atoms with Crippen molar-refractivity contribution < 1.29 is 0 Å². The van der Waals surface area contributed by atoms with E-state index in [1.54, 1.807) is 0 Å². The molecule has 3 heteroatoms. The number of hydrogen-bond acceptors (Lipinski definition) is 2. The van der Waals surface area contributed by atoms with Crippen molar-refractivity contribution >= 4 is 22.9 Å². The number of nitrogens with one attached hydrogen (secondary N) is 1. The predicted octanol–water partition coefficient (Wildman–Crippen LogP) is 5.20. The third kappa shape index (κ3) is 3.35. The van der Waals surface area contributed by atoms with Crippen molar-refractivity contribution in [1.29, 1.82) is 0 Å². The molecule has 0 aliphatic carbocycles. The van der Waals surface area contributed by atoms with Gasteiger partial charge in [0.05, 0.1) is 0 Å². The van der Waals surface area contributed by atoms with Crippen LogP contribution in [0.4, 0.5) is 0 Å². The SMILES string of the molecule is CCC(NC(C)c1ccc(Cl)cc1)c1cccs1. The lowest BCUT2D eigenvalue weighted by Crippen LogP contribution is -2.23. The third-order valence-corrected chi connectivity index (χ3v) is 4.35. The van der Waals surface area contributed by atoms with Crippen molar-refractivity contribution in [3.63, 3.8) is 0 Å². The number of thiophene rings is 1. The van der Waals surface area contributed by atoms with Crippen LogP contribution in [0.15, 0.2) is 41.8 Å². The molecule has 0 fully saturated rings. The number of hydrogen-bond donors (Lipinski definition) is 1. The molecular formula is C15H18ClNS. The Morgan fingerprint density at radius 2 is 1.94 bits per heavy atom. The van der Waals surface area contributed by atoms with Crippen LogP contribution < -0.4 is 5.32 Å². The Hall–Kier alpha value is -0.830. The molecule has 0 aliphatic rings. The van der Waals surface area contributed by atoms with Gasteiger partial charge in [0.15, 0.2) is 0 Å². The Balaban J connectivity index is 2.05. The summed E-state index contributed by atoms with van der Waals surface area (Å²) in [5.41, 5.74) is 1.27. The summed E-state index contributed by atoms with van der Waals surface area (Å²) in [5.74, 6) is 0. The summed E-state index contributed by atoms with van der Waals surface area (Å²) in [4.78, 5) is 1.40. The fraction of sp³-hybridized carbons (Fsp3) is 0.333. The maximum atomic E-state index is 5.91. The number of benzene rings is 1. The molecule has 0 radical (unpaired) electrons. The monoisotopic (exact) mass is 279 g/mol. The van der Waals surface area contributed by atoms with Gasteiger partial charge in [-0.25, -0.2) is 0 Å². The maximum Gasteiger partial charge on any atom is 0.0416 e. The topological polar surface area (TPSA) is 12.0 Å². The molecule has 1 nitrogen and oxygen atoms in total. The van der Waals surface area contributed by atoms with Crippen molar-refractivity contribution in [2.45, 2.75) is 32.4 Å². The van der Waals surface area contributed by atoms with Crippen LogP contribution in [0.1, 0.15) is 42.8 Å². The van der Waals surface area contributed by atoms with Crippen LogP contribution in [0.25, 0.3) is 0 Å². The standard InChI is InChI=1S/C15H18ClNS/c1-3-14(15-5-4-10-18-15)17-11(2)12-6-8-13(16)9-7-12/h4-11,14,17H,3H2,1-2H3. The highest BCUT2D eigenvalue weighted by molar-refractivity contribution is 7.10. The van der Waals surface area contributed by atoms with E-state index in [2.05, 4.69) is 48.8 Å². The summed E-state index contributed by atoms with van der Waals surface area (Å²) < 4.78 is 0. The predicted molar refractivity (Wildman–Crippen MR) is 80.4 cm³/mol. The Morgan fingerprint density at radius 3 is 2.50 bits per heavy atom. The minimum Gasteiger partial charge on any atom is -0.303 e. The average molecular weight is 280 g/mol. The Kier molecular flexibility index (Phi) is 4.81. The zero-order chi connectivity index (χ0) is 13.0. The van der Waals surface area contributed by atoms with Crippen molar-refractivity contribution in [3.8, 4) is 0 Å². The van der Waals surface area contributed by atoms with E-state index in [0.29, 0.717) is 12.1 Å². The summed E-state index contributed by atoms with van der Waals surface area (Å²) in [5, 5.41) is 6.59. The summed E-state index contributed by atoms with van der Waals surface area (Å²) in [7, 11) is 0. The number of halogens is 1. The highest BCUT2D eigenvalue weighted by Crippen LogP contribution is 2.25. The van der Waals surface area contributed by atoms with E-state index in [1.165, 1.54) is 10.4 Å². The molecule has 1 aromatic carbocycles. The molecule has 0 bridgehead atoms. The molecule has 0 amide bonds. The largest absolute Gasteiger partial charge is 0.303 e. The lowest BCUT2D eigenvalue weighted by molar-refractivity contribution is 0.462. The molecule has 2 aromatic rings. The first-order chi connectivity index (χ1) is 8.70. The van der Waals surface area contributed by atoms with Crippen molar-refractivity contribution in [1.82, 2.24) is 5.32 Å². The fourth-order valence-electron chi connectivity index (χ4n) is 2.04.